The van der Waals surface area contributed by atoms with Crippen LogP contribution in [0, 0.1) is 0 Å². The summed E-state index contributed by atoms with van der Waals surface area (Å²) >= 11 is 0. The van der Waals surface area contributed by atoms with Gasteiger partial charge in [-0.1, -0.05) is 24.2 Å². The second-order valence-corrected chi connectivity index (χ2v) is 3.73. The maximum absolute atomic E-state index is 10.7. The Kier molecular flexibility index (Phi) is 3.62. The number of ether oxygens (including phenoxy) is 1. The highest BCUT2D eigenvalue weighted by Crippen LogP contribution is 2.30. The molecule has 0 aliphatic rings. The standard InChI is InChI=1S/C13H13NO4/c1-2-7-17-11-6-4-3-5-9(11)12-8-10(13(15)16)14-18-12/h3-6,8H,2,7H2,1H3,(H,15,16). The Bertz CT molecular complexity index is 547. The highest BCUT2D eigenvalue weighted by atomic mass is 16.5. The fraction of sp³-hybridized carbons (Fsp3) is 0.231. The van der Waals surface area contributed by atoms with Crippen LogP contribution in [-0.2, 0) is 0 Å². The minimum atomic E-state index is -1.11. The molecule has 1 heterocycles. The number of para-hydroxylation sites is 1. The van der Waals surface area contributed by atoms with Gasteiger partial charge in [-0.15, -0.1) is 0 Å². The Balaban J connectivity index is 2.33. The van der Waals surface area contributed by atoms with Gasteiger partial charge in [0.25, 0.3) is 0 Å². The summed E-state index contributed by atoms with van der Waals surface area (Å²) < 4.78 is 10.6. The summed E-state index contributed by atoms with van der Waals surface area (Å²) in [6, 6.07) is 8.68. The Hall–Kier alpha value is -2.30. The molecule has 0 spiro atoms. The number of hydrogen-bond donors (Lipinski definition) is 1. The van der Waals surface area contributed by atoms with Crippen molar-refractivity contribution in [1.82, 2.24) is 5.16 Å². The van der Waals surface area contributed by atoms with Crippen molar-refractivity contribution in [2.45, 2.75) is 13.3 Å². The first-order valence-corrected chi connectivity index (χ1v) is 5.64. The van der Waals surface area contributed by atoms with Crippen molar-refractivity contribution in [3.63, 3.8) is 0 Å². The lowest BCUT2D eigenvalue weighted by molar-refractivity contribution is 0.0686. The third-order valence-electron chi connectivity index (χ3n) is 2.34. The molecule has 0 atom stereocenters. The number of carboxylic acids is 1. The van der Waals surface area contributed by atoms with Gasteiger partial charge in [0, 0.05) is 6.07 Å². The van der Waals surface area contributed by atoms with Crippen molar-refractivity contribution < 1.29 is 19.2 Å². The molecule has 5 nitrogen and oxygen atoms in total. The number of aromatic carboxylic acids is 1. The van der Waals surface area contributed by atoms with E-state index in [1.54, 1.807) is 6.07 Å². The van der Waals surface area contributed by atoms with Gasteiger partial charge in [-0.05, 0) is 18.6 Å². The minimum absolute atomic E-state index is 0.115. The van der Waals surface area contributed by atoms with Crippen molar-refractivity contribution in [3.05, 3.63) is 36.0 Å². The average molecular weight is 247 g/mol. The summed E-state index contributed by atoms with van der Waals surface area (Å²) in [6.45, 7) is 2.61. The summed E-state index contributed by atoms with van der Waals surface area (Å²) in [7, 11) is 0. The lowest BCUT2D eigenvalue weighted by Gasteiger charge is -2.07. The van der Waals surface area contributed by atoms with Gasteiger partial charge in [0.2, 0.25) is 0 Å². The molecule has 0 amide bonds. The molecule has 0 saturated carbocycles. The van der Waals surface area contributed by atoms with Crippen LogP contribution in [0.15, 0.2) is 34.9 Å². The number of nitrogens with zero attached hydrogens (tertiary/aromatic N) is 1. The monoisotopic (exact) mass is 247 g/mol. The summed E-state index contributed by atoms with van der Waals surface area (Å²) in [4.78, 5) is 10.7. The quantitative estimate of drug-likeness (QED) is 0.879. The Morgan fingerprint density at radius 1 is 1.44 bits per heavy atom. The van der Waals surface area contributed by atoms with Gasteiger partial charge in [-0.2, -0.15) is 0 Å². The molecule has 0 radical (unpaired) electrons. The molecule has 0 aliphatic heterocycles. The molecule has 2 rings (SSSR count). The van der Waals surface area contributed by atoms with Crippen molar-refractivity contribution in [2.24, 2.45) is 0 Å². The Morgan fingerprint density at radius 3 is 2.89 bits per heavy atom. The largest absolute Gasteiger partial charge is 0.493 e. The average Bonchev–Trinajstić information content (AvgIpc) is 2.86. The number of benzene rings is 1. The smallest absolute Gasteiger partial charge is 0.358 e. The lowest BCUT2D eigenvalue weighted by Crippen LogP contribution is -1.96. The fourth-order valence-electron chi connectivity index (χ4n) is 1.51. The van der Waals surface area contributed by atoms with Crippen molar-refractivity contribution in [1.29, 1.82) is 0 Å². The zero-order valence-electron chi connectivity index (χ0n) is 9.92. The van der Waals surface area contributed by atoms with Gasteiger partial charge in [-0.3, -0.25) is 0 Å². The molecule has 0 saturated heterocycles. The van der Waals surface area contributed by atoms with Gasteiger partial charge in [0.15, 0.2) is 11.5 Å². The molecule has 0 aliphatic carbocycles. The van der Waals surface area contributed by atoms with Crippen molar-refractivity contribution in [2.75, 3.05) is 6.61 Å². The summed E-state index contributed by atoms with van der Waals surface area (Å²) in [5.41, 5.74) is 0.584. The molecular weight excluding hydrogens is 234 g/mol. The first-order valence-electron chi connectivity index (χ1n) is 5.64. The van der Waals surface area contributed by atoms with Gasteiger partial charge >= 0.3 is 5.97 Å². The lowest BCUT2D eigenvalue weighted by atomic mass is 10.1. The number of carbonyl (C=O) groups is 1. The van der Waals surface area contributed by atoms with Crippen LogP contribution in [-0.4, -0.2) is 22.8 Å². The first kappa shape index (κ1) is 12.2. The topological polar surface area (TPSA) is 72.6 Å². The molecular formula is C13H13NO4. The third-order valence-corrected chi connectivity index (χ3v) is 2.34. The maximum atomic E-state index is 10.7. The highest BCUT2D eigenvalue weighted by Gasteiger charge is 2.15. The summed E-state index contributed by atoms with van der Waals surface area (Å²) in [6.07, 6.45) is 0.894. The van der Waals surface area contributed by atoms with E-state index in [9.17, 15) is 4.79 Å². The van der Waals surface area contributed by atoms with Gasteiger partial charge < -0.3 is 14.4 Å². The normalized spacial score (nSPS) is 10.3. The van der Waals surface area contributed by atoms with Gasteiger partial charge in [-0.25, -0.2) is 4.79 Å². The van der Waals surface area contributed by atoms with E-state index in [0.717, 1.165) is 6.42 Å². The molecule has 0 unspecified atom stereocenters. The number of rotatable bonds is 5. The van der Waals surface area contributed by atoms with Crippen LogP contribution in [0.4, 0.5) is 0 Å². The van der Waals surface area contributed by atoms with Crippen LogP contribution in [0.3, 0.4) is 0 Å². The molecule has 1 aromatic carbocycles. The first-order chi connectivity index (χ1) is 8.72. The van der Waals surface area contributed by atoms with Gasteiger partial charge in [0.05, 0.1) is 12.2 Å². The second kappa shape index (κ2) is 5.35. The predicted octanol–water partition coefficient (Wildman–Crippen LogP) is 2.83. The molecule has 18 heavy (non-hydrogen) atoms. The number of aromatic nitrogens is 1. The van der Waals surface area contributed by atoms with E-state index < -0.39 is 5.97 Å². The fourth-order valence-corrected chi connectivity index (χ4v) is 1.51. The zero-order valence-corrected chi connectivity index (χ0v) is 9.92. The molecule has 5 heteroatoms. The number of hydrogen-bond acceptors (Lipinski definition) is 4. The van der Waals surface area contributed by atoms with Crippen LogP contribution < -0.4 is 4.74 Å². The summed E-state index contributed by atoms with van der Waals surface area (Å²) in [5.74, 6) is -0.0662. The third kappa shape index (κ3) is 2.51. The van der Waals surface area contributed by atoms with Crippen LogP contribution >= 0.6 is 0 Å². The molecule has 1 N–H and O–H groups in total. The van der Waals surface area contributed by atoms with E-state index in [2.05, 4.69) is 5.16 Å². The van der Waals surface area contributed by atoms with E-state index in [-0.39, 0.29) is 5.69 Å². The van der Waals surface area contributed by atoms with Crippen molar-refractivity contribution in [3.8, 4) is 17.1 Å². The van der Waals surface area contributed by atoms with E-state index >= 15 is 0 Å². The second-order valence-electron chi connectivity index (χ2n) is 3.73. The predicted molar refractivity (Wildman–Crippen MR) is 64.7 cm³/mol. The highest BCUT2D eigenvalue weighted by molar-refractivity contribution is 5.86. The van der Waals surface area contributed by atoms with Crippen molar-refractivity contribution >= 4 is 5.97 Å². The molecule has 94 valence electrons. The van der Waals surface area contributed by atoms with Crippen LogP contribution in [0.5, 0.6) is 5.75 Å². The van der Waals surface area contributed by atoms with E-state index in [4.69, 9.17) is 14.4 Å². The maximum Gasteiger partial charge on any atom is 0.358 e. The van der Waals surface area contributed by atoms with Crippen LogP contribution in [0.1, 0.15) is 23.8 Å². The van der Waals surface area contributed by atoms with E-state index in [0.29, 0.717) is 23.7 Å². The van der Waals surface area contributed by atoms with E-state index in [1.807, 2.05) is 25.1 Å². The zero-order chi connectivity index (χ0) is 13.0. The van der Waals surface area contributed by atoms with Gasteiger partial charge in [0.1, 0.15) is 5.75 Å². The van der Waals surface area contributed by atoms with Crippen LogP contribution in [0.25, 0.3) is 11.3 Å². The molecule has 1 aromatic heterocycles. The minimum Gasteiger partial charge on any atom is -0.493 e. The SMILES string of the molecule is CCCOc1ccccc1-c1cc(C(=O)O)no1. The Labute approximate surface area is 104 Å². The molecule has 0 bridgehead atoms. The number of carboxylic acid groups (broad SMARTS) is 1. The molecule has 0 fully saturated rings. The van der Waals surface area contributed by atoms with Crippen LogP contribution in [0.2, 0.25) is 0 Å². The molecule has 2 aromatic rings. The Morgan fingerprint density at radius 2 is 2.22 bits per heavy atom. The summed E-state index contributed by atoms with van der Waals surface area (Å²) in [5, 5.41) is 12.3. The van der Waals surface area contributed by atoms with E-state index in [1.165, 1.54) is 6.07 Å².